The van der Waals surface area contributed by atoms with Crippen molar-refractivity contribution in [1.29, 1.82) is 0 Å². The summed E-state index contributed by atoms with van der Waals surface area (Å²) in [6, 6.07) is 0. The van der Waals surface area contributed by atoms with Crippen LogP contribution in [-0.4, -0.2) is 53.5 Å². The Morgan fingerprint density at radius 3 is 2.17 bits per heavy atom. The van der Waals surface area contributed by atoms with Crippen molar-refractivity contribution in [2.45, 2.75) is 12.8 Å². The first-order valence-corrected chi connectivity index (χ1v) is 4.10. The van der Waals surface area contributed by atoms with Gasteiger partial charge in [-0.15, -0.1) is 0 Å². The number of aliphatic hydroxyl groups is 3. The van der Waals surface area contributed by atoms with E-state index >= 15 is 0 Å². The molecule has 0 aromatic rings. The monoisotopic (exact) mass is 178 g/mol. The van der Waals surface area contributed by atoms with Crippen molar-refractivity contribution in [2.24, 2.45) is 0 Å². The second-order valence-electron chi connectivity index (χ2n) is 2.54. The van der Waals surface area contributed by atoms with Crippen LogP contribution in [0.15, 0.2) is 0 Å². The summed E-state index contributed by atoms with van der Waals surface area (Å²) >= 11 is 0. The minimum Gasteiger partial charge on any atom is -0.381 e. The fourth-order valence-electron chi connectivity index (χ4n) is 0.851. The van der Waals surface area contributed by atoms with E-state index in [9.17, 15) is 0 Å². The number of unbranched alkanes of at least 4 members (excludes halogenated alkanes) is 1. The smallest absolute Gasteiger partial charge is 0.0974 e. The average molecular weight is 178 g/mol. The van der Waals surface area contributed by atoms with Gasteiger partial charge in [-0.1, -0.05) is 0 Å². The molecule has 0 bridgehead atoms. The molecule has 0 amide bonds. The SMILES string of the molecule is OCNCCCCN(CO)CO. The molecule has 4 N–H and O–H groups in total. The molecule has 0 aliphatic heterocycles. The molecule has 0 aromatic heterocycles. The molecule has 0 rings (SSSR count). The number of hydrogen-bond donors (Lipinski definition) is 4. The van der Waals surface area contributed by atoms with Gasteiger partial charge in [0, 0.05) is 6.54 Å². The topological polar surface area (TPSA) is 76.0 Å². The van der Waals surface area contributed by atoms with Gasteiger partial charge in [0.25, 0.3) is 0 Å². The first kappa shape index (κ1) is 11.8. The van der Waals surface area contributed by atoms with E-state index in [1.165, 1.54) is 4.90 Å². The van der Waals surface area contributed by atoms with Gasteiger partial charge in [-0.25, -0.2) is 0 Å². The van der Waals surface area contributed by atoms with E-state index in [1.807, 2.05) is 0 Å². The van der Waals surface area contributed by atoms with Gasteiger partial charge >= 0.3 is 0 Å². The molecule has 0 aliphatic carbocycles. The lowest BCUT2D eigenvalue weighted by Gasteiger charge is -2.15. The van der Waals surface area contributed by atoms with Gasteiger partial charge < -0.3 is 15.3 Å². The highest BCUT2D eigenvalue weighted by atomic mass is 16.3. The Balaban J connectivity index is 3.06. The van der Waals surface area contributed by atoms with Gasteiger partial charge in [-0.2, -0.15) is 0 Å². The van der Waals surface area contributed by atoms with Crippen molar-refractivity contribution in [1.82, 2.24) is 10.2 Å². The zero-order valence-corrected chi connectivity index (χ0v) is 7.24. The van der Waals surface area contributed by atoms with E-state index in [2.05, 4.69) is 5.32 Å². The van der Waals surface area contributed by atoms with Crippen LogP contribution in [0.5, 0.6) is 0 Å². The Kier molecular flexibility index (Phi) is 8.74. The molecule has 74 valence electrons. The number of hydrogen-bond acceptors (Lipinski definition) is 5. The molecule has 0 saturated carbocycles. The Labute approximate surface area is 72.6 Å². The zero-order valence-electron chi connectivity index (χ0n) is 7.24. The second-order valence-corrected chi connectivity index (χ2v) is 2.54. The highest BCUT2D eigenvalue weighted by molar-refractivity contribution is 4.49. The molecular weight excluding hydrogens is 160 g/mol. The third-order valence-corrected chi connectivity index (χ3v) is 1.59. The van der Waals surface area contributed by atoms with E-state index in [1.54, 1.807) is 0 Å². The van der Waals surface area contributed by atoms with Gasteiger partial charge in [0.2, 0.25) is 0 Å². The Morgan fingerprint density at radius 2 is 1.67 bits per heavy atom. The Bertz CT molecular complexity index is 88.7. The largest absolute Gasteiger partial charge is 0.381 e. The Morgan fingerprint density at radius 1 is 1.00 bits per heavy atom. The minimum absolute atomic E-state index is 0.00368. The Hall–Kier alpha value is -0.200. The number of rotatable bonds is 8. The van der Waals surface area contributed by atoms with E-state index < -0.39 is 0 Å². The van der Waals surface area contributed by atoms with Crippen LogP contribution < -0.4 is 5.32 Å². The first-order valence-electron chi connectivity index (χ1n) is 4.10. The number of aliphatic hydroxyl groups excluding tert-OH is 3. The van der Waals surface area contributed by atoms with Crippen molar-refractivity contribution in [2.75, 3.05) is 33.3 Å². The summed E-state index contributed by atoms with van der Waals surface area (Å²) < 4.78 is 0. The summed E-state index contributed by atoms with van der Waals surface area (Å²) in [5.41, 5.74) is 0. The molecule has 5 nitrogen and oxygen atoms in total. The van der Waals surface area contributed by atoms with Crippen molar-refractivity contribution in [3.8, 4) is 0 Å². The fourth-order valence-corrected chi connectivity index (χ4v) is 0.851. The normalized spacial score (nSPS) is 11.0. The number of nitrogens with one attached hydrogen (secondary N) is 1. The van der Waals surface area contributed by atoms with Gasteiger partial charge in [0.05, 0.1) is 20.2 Å². The van der Waals surface area contributed by atoms with E-state index in [0.29, 0.717) is 6.54 Å². The van der Waals surface area contributed by atoms with Gasteiger partial charge in [0.1, 0.15) is 0 Å². The van der Waals surface area contributed by atoms with Crippen molar-refractivity contribution < 1.29 is 15.3 Å². The first-order chi connectivity index (χ1) is 5.85. The molecular formula is C7H18N2O3. The van der Waals surface area contributed by atoms with Crippen molar-refractivity contribution in [3.63, 3.8) is 0 Å². The van der Waals surface area contributed by atoms with Crippen molar-refractivity contribution in [3.05, 3.63) is 0 Å². The van der Waals surface area contributed by atoms with Gasteiger partial charge in [-0.3, -0.25) is 10.2 Å². The standard InChI is InChI=1S/C7H18N2O3/c10-5-8-3-1-2-4-9(6-11)7-12/h8,10-12H,1-7H2. The van der Waals surface area contributed by atoms with Crippen LogP contribution in [0.3, 0.4) is 0 Å². The summed E-state index contributed by atoms with van der Waals surface area (Å²) in [7, 11) is 0. The lowest BCUT2D eigenvalue weighted by atomic mass is 10.3. The summed E-state index contributed by atoms with van der Waals surface area (Å²) in [5.74, 6) is 0. The molecule has 0 fully saturated rings. The molecule has 12 heavy (non-hydrogen) atoms. The zero-order chi connectivity index (χ0) is 9.23. The van der Waals surface area contributed by atoms with E-state index in [0.717, 1.165) is 19.4 Å². The van der Waals surface area contributed by atoms with Crippen LogP contribution in [0.25, 0.3) is 0 Å². The lowest BCUT2D eigenvalue weighted by Crippen LogP contribution is -2.27. The summed E-state index contributed by atoms with van der Waals surface area (Å²) in [6.07, 6.45) is 1.82. The average Bonchev–Trinajstić information content (AvgIpc) is 2.11. The number of nitrogens with zero attached hydrogens (tertiary/aromatic N) is 1. The third-order valence-electron chi connectivity index (χ3n) is 1.59. The molecule has 0 aromatic carbocycles. The van der Waals surface area contributed by atoms with E-state index in [-0.39, 0.29) is 20.2 Å². The quantitative estimate of drug-likeness (QED) is 0.269. The van der Waals surface area contributed by atoms with Crippen LogP contribution in [0.2, 0.25) is 0 Å². The third kappa shape index (κ3) is 6.51. The highest BCUT2D eigenvalue weighted by Gasteiger charge is 1.98. The lowest BCUT2D eigenvalue weighted by molar-refractivity contribution is 0.0285. The molecule has 0 aliphatic rings. The highest BCUT2D eigenvalue weighted by Crippen LogP contribution is 1.91. The van der Waals surface area contributed by atoms with Gasteiger partial charge in [0.15, 0.2) is 0 Å². The van der Waals surface area contributed by atoms with E-state index in [4.69, 9.17) is 15.3 Å². The molecule has 0 heterocycles. The maximum absolute atomic E-state index is 8.64. The molecule has 0 spiro atoms. The summed E-state index contributed by atoms with van der Waals surface area (Å²) in [6.45, 7) is 1.23. The van der Waals surface area contributed by atoms with Crippen LogP contribution in [0.4, 0.5) is 0 Å². The van der Waals surface area contributed by atoms with Crippen LogP contribution >= 0.6 is 0 Å². The minimum atomic E-state index is -0.107. The van der Waals surface area contributed by atoms with Crippen molar-refractivity contribution >= 4 is 0 Å². The molecule has 0 saturated heterocycles. The maximum atomic E-state index is 8.64. The predicted molar refractivity (Wildman–Crippen MR) is 45.2 cm³/mol. The molecule has 0 atom stereocenters. The van der Waals surface area contributed by atoms with Crippen LogP contribution in [0.1, 0.15) is 12.8 Å². The van der Waals surface area contributed by atoms with Crippen LogP contribution in [-0.2, 0) is 0 Å². The maximum Gasteiger partial charge on any atom is 0.0974 e. The molecule has 0 radical (unpaired) electrons. The van der Waals surface area contributed by atoms with Gasteiger partial charge in [-0.05, 0) is 19.4 Å². The second kappa shape index (κ2) is 8.89. The van der Waals surface area contributed by atoms with Crippen LogP contribution in [0, 0.1) is 0 Å². The molecule has 5 heteroatoms. The summed E-state index contributed by atoms with van der Waals surface area (Å²) in [5, 5.41) is 28.4. The summed E-state index contributed by atoms with van der Waals surface area (Å²) in [4.78, 5) is 1.53. The fraction of sp³-hybridized carbons (Fsp3) is 1.00. The molecule has 0 unspecified atom stereocenters. The predicted octanol–water partition coefficient (Wildman–Crippen LogP) is -1.49.